The highest BCUT2D eigenvalue weighted by atomic mass is 79.9. The molecule has 2 rings (SSSR count). The van der Waals surface area contributed by atoms with Crippen molar-refractivity contribution in [2.45, 2.75) is 12.0 Å². The number of carbonyl (C=O) groups is 1. The third-order valence-corrected chi connectivity index (χ3v) is 3.19. The Labute approximate surface area is 121 Å². The number of hydrogen-bond acceptors (Lipinski definition) is 2. The molecule has 1 aliphatic rings. The number of ether oxygens (including phenoxy) is 1. The van der Waals surface area contributed by atoms with Crippen LogP contribution in [0, 0.1) is 0 Å². The number of benzene rings is 1. The van der Waals surface area contributed by atoms with E-state index in [0.29, 0.717) is 4.47 Å². The maximum atomic E-state index is 13.6. The van der Waals surface area contributed by atoms with Crippen molar-refractivity contribution in [3.63, 3.8) is 0 Å². The van der Waals surface area contributed by atoms with Crippen LogP contribution in [-0.4, -0.2) is 18.6 Å². The molecular weight excluding hydrogens is 355 g/mol. The van der Waals surface area contributed by atoms with Crippen LogP contribution < -0.4 is 5.32 Å². The van der Waals surface area contributed by atoms with E-state index < -0.39 is 24.7 Å². The van der Waals surface area contributed by atoms with Crippen molar-refractivity contribution in [2.75, 3.05) is 6.61 Å². The van der Waals surface area contributed by atoms with Crippen LogP contribution in [0.4, 0.5) is 13.6 Å². The van der Waals surface area contributed by atoms with Crippen molar-refractivity contribution in [2.24, 2.45) is 0 Å². The zero-order valence-corrected chi connectivity index (χ0v) is 11.9. The fraction of sp³-hybridized carbons (Fsp3) is 0.300. The normalized spacial score (nSPS) is 21.6. The second-order valence-corrected chi connectivity index (χ2v) is 4.90. The van der Waals surface area contributed by atoms with E-state index in [9.17, 15) is 13.6 Å². The first-order valence-corrected chi connectivity index (χ1v) is 5.83. The van der Waals surface area contributed by atoms with Crippen molar-refractivity contribution in [1.29, 1.82) is 0 Å². The Hall–Kier alpha value is -0.590. The van der Waals surface area contributed by atoms with Gasteiger partial charge in [-0.1, -0.05) is 27.5 Å². The summed E-state index contributed by atoms with van der Waals surface area (Å²) in [7, 11) is 0. The molecule has 1 atom stereocenters. The molecule has 18 heavy (non-hydrogen) atoms. The van der Waals surface area contributed by atoms with Gasteiger partial charge in [0.1, 0.15) is 6.04 Å². The van der Waals surface area contributed by atoms with Gasteiger partial charge in [-0.05, 0) is 18.2 Å². The van der Waals surface area contributed by atoms with Gasteiger partial charge in [0.2, 0.25) is 0 Å². The molecule has 0 bridgehead atoms. The van der Waals surface area contributed by atoms with Crippen LogP contribution in [0.2, 0.25) is 5.02 Å². The summed E-state index contributed by atoms with van der Waals surface area (Å²) in [6.45, 7) is -0.952. The Morgan fingerprint density at radius 2 is 2.17 bits per heavy atom. The van der Waals surface area contributed by atoms with Gasteiger partial charge in [0.05, 0.1) is 0 Å². The summed E-state index contributed by atoms with van der Waals surface area (Å²) in [6, 6.07) is 3.09. The number of amides is 1. The van der Waals surface area contributed by atoms with Gasteiger partial charge in [-0.2, -0.15) is 0 Å². The van der Waals surface area contributed by atoms with Crippen molar-refractivity contribution < 1.29 is 18.3 Å². The van der Waals surface area contributed by atoms with E-state index >= 15 is 0 Å². The second-order valence-electron chi connectivity index (χ2n) is 3.58. The van der Waals surface area contributed by atoms with E-state index in [0.717, 1.165) is 0 Å². The minimum Gasteiger partial charge on any atom is -0.443 e. The molecule has 0 unspecified atom stereocenters. The van der Waals surface area contributed by atoms with Crippen molar-refractivity contribution in [3.8, 4) is 0 Å². The number of alkyl halides is 2. The second kappa shape index (κ2) is 5.59. The number of rotatable bonds is 1. The van der Waals surface area contributed by atoms with Crippen molar-refractivity contribution in [3.05, 3.63) is 33.3 Å². The highest BCUT2D eigenvalue weighted by molar-refractivity contribution is 9.10. The Kier molecular flexibility index (Phi) is 4.80. The third-order valence-electron chi connectivity index (χ3n) is 2.35. The average molecular weight is 363 g/mol. The summed E-state index contributed by atoms with van der Waals surface area (Å²) in [4.78, 5) is 11.0. The smallest absolute Gasteiger partial charge is 0.408 e. The Bertz CT molecular complexity index is 473. The highest BCUT2D eigenvalue weighted by Gasteiger charge is 2.47. The van der Waals surface area contributed by atoms with Crippen LogP contribution in [0.25, 0.3) is 0 Å². The zero-order chi connectivity index (χ0) is 12.6. The van der Waals surface area contributed by atoms with Crippen molar-refractivity contribution in [1.82, 2.24) is 5.32 Å². The molecule has 0 spiro atoms. The van der Waals surface area contributed by atoms with Gasteiger partial charge in [0.25, 0.3) is 0 Å². The number of alkyl carbamates (subject to hydrolysis) is 1. The molecule has 0 aromatic heterocycles. The maximum Gasteiger partial charge on any atom is 0.408 e. The van der Waals surface area contributed by atoms with Gasteiger partial charge >= 0.3 is 12.0 Å². The SMILES string of the molecule is Cl.O=C1N[C@H](c2cc(Br)ccc2Cl)C(F)(F)CO1. The summed E-state index contributed by atoms with van der Waals surface area (Å²) in [5.74, 6) is -3.20. The molecule has 3 nitrogen and oxygen atoms in total. The summed E-state index contributed by atoms with van der Waals surface area (Å²) < 4.78 is 32.1. The fourth-order valence-corrected chi connectivity index (χ4v) is 2.16. The van der Waals surface area contributed by atoms with E-state index in [1.54, 1.807) is 6.07 Å². The van der Waals surface area contributed by atoms with Crippen LogP contribution in [0.1, 0.15) is 11.6 Å². The summed E-state index contributed by atoms with van der Waals surface area (Å²) >= 11 is 9.03. The molecule has 1 aromatic carbocycles. The highest BCUT2D eigenvalue weighted by Crippen LogP contribution is 2.38. The number of nitrogens with one attached hydrogen (secondary N) is 1. The van der Waals surface area contributed by atoms with Gasteiger partial charge in [0, 0.05) is 15.1 Å². The van der Waals surface area contributed by atoms with E-state index in [-0.39, 0.29) is 23.0 Å². The molecule has 100 valence electrons. The van der Waals surface area contributed by atoms with Crippen LogP contribution in [0.5, 0.6) is 0 Å². The third kappa shape index (κ3) is 3.05. The standard InChI is InChI=1S/C10H7BrClF2NO2.ClH/c11-5-1-2-7(12)6(3-5)8-10(13,14)4-17-9(16)15-8;/h1-3,8H,4H2,(H,15,16);1H/t8-;/m1./s1. The monoisotopic (exact) mass is 361 g/mol. The van der Waals surface area contributed by atoms with E-state index in [1.165, 1.54) is 12.1 Å². The van der Waals surface area contributed by atoms with Crippen LogP contribution in [0.3, 0.4) is 0 Å². The van der Waals surface area contributed by atoms with E-state index in [1.807, 2.05) is 0 Å². The molecule has 1 fully saturated rings. The molecule has 0 aliphatic carbocycles. The van der Waals surface area contributed by atoms with E-state index in [4.69, 9.17) is 11.6 Å². The Morgan fingerprint density at radius 1 is 1.50 bits per heavy atom. The number of carbonyl (C=O) groups excluding carboxylic acids is 1. The molecule has 1 heterocycles. The molecule has 0 radical (unpaired) electrons. The molecule has 1 aromatic rings. The lowest BCUT2D eigenvalue weighted by Gasteiger charge is -2.32. The molecule has 0 saturated carbocycles. The molecular formula is C10H8BrCl2F2NO2. The summed E-state index contributed by atoms with van der Waals surface area (Å²) in [5, 5.41) is 2.24. The fourth-order valence-electron chi connectivity index (χ4n) is 1.55. The minimum atomic E-state index is -3.20. The maximum absolute atomic E-state index is 13.6. The van der Waals surface area contributed by atoms with Gasteiger partial charge < -0.3 is 10.1 Å². The summed E-state index contributed by atoms with van der Waals surface area (Å²) in [5.41, 5.74) is 0.155. The predicted molar refractivity (Wildman–Crippen MR) is 68.6 cm³/mol. The van der Waals surface area contributed by atoms with Crippen LogP contribution in [-0.2, 0) is 4.74 Å². The van der Waals surface area contributed by atoms with E-state index in [2.05, 4.69) is 26.0 Å². The molecule has 8 heteroatoms. The van der Waals surface area contributed by atoms with Gasteiger partial charge in [-0.3, -0.25) is 0 Å². The first-order valence-electron chi connectivity index (χ1n) is 4.66. The number of halogens is 5. The Morgan fingerprint density at radius 3 is 2.83 bits per heavy atom. The lowest BCUT2D eigenvalue weighted by Crippen LogP contribution is -2.49. The molecule has 1 aliphatic heterocycles. The van der Waals surface area contributed by atoms with Gasteiger partial charge in [-0.15, -0.1) is 12.4 Å². The quantitative estimate of drug-likeness (QED) is 0.821. The largest absolute Gasteiger partial charge is 0.443 e. The van der Waals surface area contributed by atoms with Gasteiger partial charge in [0.15, 0.2) is 6.61 Å². The Balaban J connectivity index is 0.00000162. The lowest BCUT2D eigenvalue weighted by molar-refractivity contribution is -0.104. The van der Waals surface area contributed by atoms with Crippen LogP contribution >= 0.6 is 39.9 Å². The number of hydrogen-bond donors (Lipinski definition) is 1. The summed E-state index contributed by atoms with van der Waals surface area (Å²) in [6.07, 6.45) is -0.878. The predicted octanol–water partition coefficient (Wildman–Crippen LogP) is 3.94. The average Bonchev–Trinajstić information content (AvgIpc) is 2.26. The number of cyclic esters (lactones) is 1. The molecule has 1 saturated heterocycles. The zero-order valence-electron chi connectivity index (χ0n) is 8.75. The lowest BCUT2D eigenvalue weighted by atomic mass is 10.0. The topological polar surface area (TPSA) is 38.3 Å². The van der Waals surface area contributed by atoms with Crippen molar-refractivity contribution >= 4 is 46.0 Å². The first-order chi connectivity index (χ1) is 7.90. The molecule has 1 amide bonds. The first kappa shape index (κ1) is 15.5. The van der Waals surface area contributed by atoms with Gasteiger partial charge in [-0.25, -0.2) is 13.6 Å². The molecule has 1 N–H and O–H groups in total. The minimum absolute atomic E-state index is 0. The van der Waals surface area contributed by atoms with Crippen LogP contribution in [0.15, 0.2) is 22.7 Å².